The Morgan fingerprint density at radius 1 is 1.21 bits per heavy atom. The lowest BCUT2D eigenvalue weighted by Gasteiger charge is -2.35. The molecule has 0 radical (unpaired) electrons. The highest BCUT2D eigenvalue weighted by molar-refractivity contribution is 5.92. The molecule has 0 heterocycles. The molecule has 1 aromatic rings. The second kappa shape index (κ2) is 13.6. The van der Waals surface area contributed by atoms with E-state index >= 15 is 0 Å². The average molecular weight is 474 g/mol. The maximum Gasteiger partial charge on any atom is 0.408 e. The number of ether oxygens (including phenoxy) is 1. The second-order valence-electron chi connectivity index (χ2n) is 9.40. The van der Waals surface area contributed by atoms with Gasteiger partial charge in [-0.1, -0.05) is 51.3 Å². The Hall–Kier alpha value is -3.05. The lowest BCUT2D eigenvalue weighted by molar-refractivity contribution is -0.143. The zero-order valence-corrected chi connectivity index (χ0v) is 21.2. The topological polar surface area (TPSA) is 108 Å². The predicted molar refractivity (Wildman–Crippen MR) is 132 cm³/mol. The number of terminal acetylenes is 1. The average Bonchev–Trinajstić information content (AvgIpc) is 2.75. The Kier molecular flexibility index (Phi) is 11.6. The highest BCUT2D eigenvalue weighted by atomic mass is 16.6. The Bertz CT molecular complexity index is 870. The van der Waals surface area contributed by atoms with Crippen LogP contribution in [0, 0.1) is 18.3 Å². The third-order valence-corrected chi connectivity index (χ3v) is 5.03. The monoisotopic (exact) mass is 473 g/mol. The van der Waals surface area contributed by atoms with Gasteiger partial charge in [0.2, 0.25) is 11.8 Å². The molecule has 3 N–H and O–H groups in total. The van der Waals surface area contributed by atoms with Gasteiger partial charge in [-0.2, -0.15) is 0 Å². The minimum absolute atomic E-state index is 0.122. The van der Waals surface area contributed by atoms with Crippen molar-refractivity contribution in [1.82, 2.24) is 15.5 Å². The molecule has 2 atom stereocenters. The number of carbonyl (C=O) groups excluding carboxylic acids is 3. The number of aliphatic hydroxyl groups is 1. The fourth-order valence-electron chi connectivity index (χ4n) is 3.40. The summed E-state index contributed by atoms with van der Waals surface area (Å²) in [4.78, 5) is 40.8. The summed E-state index contributed by atoms with van der Waals surface area (Å²) in [6.45, 7) is 10.7. The van der Waals surface area contributed by atoms with E-state index in [0.29, 0.717) is 17.7 Å². The molecule has 8 heteroatoms. The molecule has 1 rings (SSSR count). The molecular weight excluding hydrogens is 434 g/mol. The minimum Gasteiger partial charge on any atom is -0.444 e. The van der Waals surface area contributed by atoms with Gasteiger partial charge in [-0.05, 0) is 44.7 Å². The van der Waals surface area contributed by atoms with E-state index in [0.717, 1.165) is 12.8 Å². The summed E-state index contributed by atoms with van der Waals surface area (Å²) in [6, 6.07) is 4.83. The SMILES string of the molecule is C#Cc1ccccc1C(C(=O)NCCCC)N(CCO)C(=O)C(NC(=O)OC(C)(C)C)C(C)C. The van der Waals surface area contributed by atoms with Crippen molar-refractivity contribution in [3.05, 3.63) is 35.4 Å². The van der Waals surface area contributed by atoms with Crippen LogP contribution in [0.25, 0.3) is 0 Å². The number of unbranched alkanes of at least 4 members (excludes halogenated alkanes) is 1. The maximum atomic E-state index is 13.7. The molecule has 0 fully saturated rings. The molecule has 0 spiro atoms. The van der Waals surface area contributed by atoms with E-state index in [1.807, 2.05) is 6.92 Å². The van der Waals surface area contributed by atoms with Crippen LogP contribution < -0.4 is 10.6 Å². The molecule has 0 aromatic heterocycles. The van der Waals surface area contributed by atoms with Gasteiger partial charge in [0.15, 0.2) is 0 Å². The van der Waals surface area contributed by atoms with Gasteiger partial charge in [0.1, 0.15) is 17.7 Å². The van der Waals surface area contributed by atoms with Crippen molar-refractivity contribution in [3.8, 4) is 12.3 Å². The van der Waals surface area contributed by atoms with Crippen LogP contribution in [0.5, 0.6) is 0 Å². The number of nitrogens with zero attached hydrogens (tertiary/aromatic N) is 1. The van der Waals surface area contributed by atoms with Crippen LogP contribution in [0.15, 0.2) is 24.3 Å². The van der Waals surface area contributed by atoms with E-state index in [1.165, 1.54) is 4.90 Å². The van der Waals surface area contributed by atoms with Crippen LogP contribution >= 0.6 is 0 Å². The quantitative estimate of drug-likeness (QED) is 0.338. The van der Waals surface area contributed by atoms with Gasteiger partial charge in [-0.15, -0.1) is 6.42 Å². The van der Waals surface area contributed by atoms with Gasteiger partial charge in [0, 0.05) is 18.7 Å². The van der Waals surface area contributed by atoms with Gasteiger partial charge >= 0.3 is 6.09 Å². The summed E-state index contributed by atoms with van der Waals surface area (Å²) in [6.07, 6.45) is 6.61. The number of amides is 3. The van der Waals surface area contributed by atoms with E-state index < -0.39 is 35.6 Å². The van der Waals surface area contributed by atoms with Crippen LogP contribution in [0.2, 0.25) is 0 Å². The lowest BCUT2D eigenvalue weighted by atomic mass is 9.96. The first-order chi connectivity index (χ1) is 16.0. The minimum atomic E-state index is -1.08. The van der Waals surface area contributed by atoms with Crippen LogP contribution in [0.3, 0.4) is 0 Å². The van der Waals surface area contributed by atoms with Gasteiger partial charge in [0.05, 0.1) is 6.61 Å². The zero-order chi connectivity index (χ0) is 25.9. The number of hydrogen-bond donors (Lipinski definition) is 3. The fraction of sp³-hybridized carbons (Fsp3) is 0.577. The van der Waals surface area contributed by atoms with Crippen LogP contribution in [0.4, 0.5) is 4.79 Å². The smallest absolute Gasteiger partial charge is 0.408 e. The van der Waals surface area contributed by atoms with Crippen molar-refractivity contribution in [3.63, 3.8) is 0 Å². The number of benzene rings is 1. The zero-order valence-electron chi connectivity index (χ0n) is 21.2. The summed E-state index contributed by atoms with van der Waals surface area (Å²) in [5, 5.41) is 15.3. The first-order valence-corrected chi connectivity index (χ1v) is 11.7. The van der Waals surface area contributed by atoms with Crippen LogP contribution in [-0.4, -0.2) is 59.3 Å². The third kappa shape index (κ3) is 8.71. The molecule has 0 saturated heterocycles. The van der Waals surface area contributed by atoms with Crippen molar-refractivity contribution >= 4 is 17.9 Å². The Labute approximate surface area is 203 Å². The summed E-state index contributed by atoms with van der Waals surface area (Å²) in [5.41, 5.74) is 0.197. The maximum absolute atomic E-state index is 13.7. The molecule has 0 aliphatic heterocycles. The van der Waals surface area contributed by atoms with E-state index in [4.69, 9.17) is 11.2 Å². The number of hydrogen-bond acceptors (Lipinski definition) is 5. The number of alkyl carbamates (subject to hydrolysis) is 1. The summed E-state index contributed by atoms with van der Waals surface area (Å²) >= 11 is 0. The van der Waals surface area contributed by atoms with Crippen LogP contribution in [-0.2, 0) is 14.3 Å². The van der Waals surface area contributed by atoms with E-state index in [-0.39, 0.29) is 19.1 Å². The fourth-order valence-corrected chi connectivity index (χ4v) is 3.40. The first-order valence-electron chi connectivity index (χ1n) is 11.7. The molecule has 3 amide bonds. The Balaban J connectivity index is 3.44. The first kappa shape index (κ1) is 29.0. The predicted octanol–water partition coefficient (Wildman–Crippen LogP) is 3.00. The molecule has 8 nitrogen and oxygen atoms in total. The Morgan fingerprint density at radius 2 is 1.85 bits per heavy atom. The highest BCUT2D eigenvalue weighted by Crippen LogP contribution is 2.26. The highest BCUT2D eigenvalue weighted by Gasteiger charge is 2.37. The molecular formula is C26H39N3O5. The van der Waals surface area contributed by atoms with Crippen molar-refractivity contribution in [2.75, 3.05) is 19.7 Å². The molecule has 2 unspecified atom stereocenters. The molecule has 0 bridgehead atoms. The Morgan fingerprint density at radius 3 is 2.38 bits per heavy atom. The van der Waals surface area contributed by atoms with Crippen molar-refractivity contribution in [2.45, 2.75) is 72.1 Å². The third-order valence-electron chi connectivity index (χ3n) is 5.03. The number of nitrogens with one attached hydrogen (secondary N) is 2. The van der Waals surface area contributed by atoms with Gasteiger partial charge in [-0.3, -0.25) is 9.59 Å². The standard InChI is InChI=1S/C26H39N3O5/c1-8-10-15-27-23(31)22(20-14-12-11-13-19(20)9-2)29(16-17-30)24(32)21(18(3)4)28-25(33)34-26(5,6)7/h2,11-14,18,21-22,30H,8,10,15-17H2,1,3-7H3,(H,27,31)(H,28,33). The molecule has 0 aliphatic carbocycles. The number of aliphatic hydroxyl groups excluding tert-OH is 1. The van der Waals surface area contributed by atoms with Crippen molar-refractivity contribution in [1.29, 1.82) is 0 Å². The molecule has 34 heavy (non-hydrogen) atoms. The molecule has 1 aromatic carbocycles. The van der Waals surface area contributed by atoms with Crippen molar-refractivity contribution in [2.24, 2.45) is 5.92 Å². The van der Waals surface area contributed by atoms with Crippen molar-refractivity contribution < 1.29 is 24.2 Å². The molecule has 188 valence electrons. The van der Waals surface area contributed by atoms with Gasteiger partial charge < -0.3 is 25.4 Å². The number of carbonyl (C=O) groups is 3. The molecule has 0 aliphatic rings. The summed E-state index contributed by atoms with van der Waals surface area (Å²) < 4.78 is 5.33. The largest absolute Gasteiger partial charge is 0.444 e. The van der Waals surface area contributed by atoms with Gasteiger partial charge in [-0.25, -0.2) is 4.79 Å². The van der Waals surface area contributed by atoms with Gasteiger partial charge in [0.25, 0.3) is 0 Å². The van der Waals surface area contributed by atoms with E-state index in [1.54, 1.807) is 58.9 Å². The van der Waals surface area contributed by atoms with E-state index in [9.17, 15) is 19.5 Å². The molecule has 0 saturated carbocycles. The van der Waals surface area contributed by atoms with Crippen LogP contribution in [0.1, 0.15) is 71.6 Å². The summed E-state index contributed by atoms with van der Waals surface area (Å²) in [5.74, 6) is 1.34. The lowest BCUT2D eigenvalue weighted by Crippen LogP contribution is -2.55. The number of rotatable bonds is 11. The normalized spacial score (nSPS) is 12.9. The summed E-state index contributed by atoms with van der Waals surface area (Å²) in [7, 11) is 0. The second-order valence-corrected chi connectivity index (χ2v) is 9.40. The van der Waals surface area contributed by atoms with E-state index in [2.05, 4.69) is 16.6 Å².